The van der Waals surface area contributed by atoms with Gasteiger partial charge in [-0.2, -0.15) is 28.5 Å². The summed E-state index contributed by atoms with van der Waals surface area (Å²) >= 11 is 0. The number of hydrogen-bond acceptors (Lipinski definition) is 7. The van der Waals surface area contributed by atoms with E-state index < -0.39 is 12.1 Å². The number of carbonyl (C=O) groups excluding carboxylic acids is 1. The number of hydrogen-bond donors (Lipinski definition) is 2. The van der Waals surface area contributed by atoms with Gasteiger partial charge in [0.15, 0.2) is 11.5 Å². The maximum absolute atomic E-state index is 12.6. The van der Waals surface area contributed by atoms with Gasteiger partial charge in [0, 0.05) is 24.7 Å². The third-order valence-corrected chi connectivity index (χ3v) is 5.63. The maximum atomic E-state index is 12.6. The summed E-state index contributed by atoms with van der Waals surface area (Å²) in [6.07, 6.45) is 1.61. The molecule has 0 bridgehead atoms. The topological polar surface area (TPSA) is 126 Å². The highest BCUT2D eigenvalue weighted by atomic mass is 19.4. The van der Waals surface area contributed by atoms with Crippen molar-refractivity contribution in [2.75, 3.05) is 18.4 Å². The van der Waals surface area contributed by atoms with Crippen LogP contribution in [0.3, 0.4) is 0 Å². The highest BCUT2D eigenvalue weighted by molar-refractivity contribution is 5.93. The molecule has 0 atom stereocenters. The molecule has 37 heavy (non-hydrogen) atoms. The van der Waals surface area contributed by atoms with Crippen LogP contribution in [0, 0.1) is 0 Å². The lowest BCUT2D eigenvalue weighted by atomic mass is 9.96. The van der Waals surface area contributed by atoms with E-state index in [9.17, 15) is 18.0 Å². The molecule has 0 radical (unpaired) electrons. The lowest BCUT2D eigenvalue weighted by molar-refractivity contribution is -0.192. The first-order chi connectivity index (χ1) is 17.7. The Kier molecular flexibility index (Phi) is 7.60. The molecule has 1 aliphatic rings. The zero-order valence-electron chi connectivity index (χ0n) is 19.3. The second kappa shape index (κ2) is 11.0. The summed E-state index contributed by atoms with van der Waals surface area (Å²) in [4.78, 5) is 28.1. The number of alkyl halides is 3. The minimum atomic E-state index is -5.08. The van der Waals surface area contributed by atoms with Crippen molar-refractivity contribution in [1.29, 1.82) is 0 Å². The van der Waals surface area contributed by atoms with Gasteiger partial charge in [-0.25, -0.2) is 14.3 Å². The molecule has 4 heterocycles. The predicted octanol–water partition coefficient (Wildman–Crippen LogP) is 3.92. The summed E-state index contributed by atoms with van der Waals surface area (Å²) in [5.41, 5.74) is 3.38. The van der Waals surface area contributed by atoms with Gasteiger partial charge in [-0.3, -0.25) is 4.79 Å². The molecule has 1 aromatic carbocycles. The van der Waals surface area contributed by atoms with Crippen molar-refractivity contribution in [3.8, 4) is 0 Å². The fraction of sp³-hybridized carbons (Fsp3) is 0.250. The number of para-hydroxylation sites is 1. The highest BCUT2D eigenvalue weighted by Crippen LogP contribution is 2.27. The van der Waals surface area contributed by atoms with Crippen LogP contribution >= 0.6 is 0 Å². The molecule has 2 N–H and O–H groups in total. The van der Waals surface area contributed by atoms with Crippen molar-refractivity contribution in [1.82, 2.24) is 29.7 Å². The van der Waals surface area contributed by atoms with Crippen LogP contribution in [0.1, 0.15) is 34.9 Å². The normalized spacial score (nSPS) is 14.1. The molecule has 0 spiro atoms. The van der Waals surface area contributed by atoms with Crippen molar-refractivity contribution in [3.05, 3.63) is 78.5 Å². The third-order valence-electron chi connectivity index (χ3n) is 5.63. The van der Waals surface area contributed by atoms with E-state index in [4.69, 9.17) is 20.0 Å². The van der Waals surface area contributed by atoms with Crippen molar-refractivity contribution in [2.24, 2.45) is 0 Å². The molecule has 0 saturated carbocycles. The fourth-order valence-electron chi connectivity index (χ4n) is 3.78. The Labute approximate surface area is 208 Å². The Morgan fingerprint density at radius 1 is 0.973 bits per heavy atom. The van der Waals surface area contributed by atoms with Gasteiger partial charge in [-0.1, -0.05) is 18.2 Å². The van der Waals surface area contributed by atoms with Crippen LogP contribution in [0.25, 0.3) is 5.65 Å². The van der Waals surface area contributed by atoms with E-state index in [1.807, 2.05) is 58.1 Å². The quantitative estimate of drug-likeness (QED) is 0.421. The van der Waals surface area contributed by atoms with Crippen LogP contribution in [0.15, 0.2) is 67.1 Å². The predicted molar refractivity (Wildman–Crippen MR) is 126 cm³/mol. The number of carboxylic acids is 1. The second-order valence-electron chi connectivity index (χ2n) is 8.18. The van der Waals surface area contributed by atoms with Crippen molar-refractivity contribution in [3.63, 3.8) is 0 Å². The zero-order chi connectivity index (χ0) is 26.4. The molecule has 1 saturated heterocycles. The Bertz CT molecular complexity index is 1360. The van der Waals surface area contributed by atoms with Gasteiger partial charge in [0.1, 0.15) is 0 Å². The van der Waals surface area contributed by atoms with Gasteiger partial charge in [-0.05, 0) is 43.2 Å². The number of rotatable bonds is 4. The number of nitrogens with one attached hydrogen (secondary N) is 1. The van der Waals surface area contributed by atoms with Gasteiger partial charge in [0.05, 0.1) is 29.8 Å². The average Bonchev–Trinajstić information content (AvgIpc) is 3.33. The first-order valence-corrected chi connectivity index (χ1v) is 11.2. The first kappa shape index (κ1) is 25.5. The third kappa shape index (κ3) is 6.57. The van der Waals surface area contributed by atoms with E-state index in [-0.39, 0.29) is 11.8 Å². The summed E-state index contributed by atoms with van der Waals surface area (Å²) in [6, 6.07) is 15.7. The molecular formula is C24H22F3N7O3. The summed E-state index contributed by atoms with van der Waals surface area (Å²) < 4.78 is 33.6. The molecule has 1 amide bonds. The van der Waals surface area contributed by atoms with Crippen molar-refractivity contribution in [2.45, 2.75) is 24.9 Å². The minimum absolute atomic E-state index is 0.00272. The lowest BCUT2D eigenvalue weighted by Gasteiger charge is -2.30. The van der Waals surface area contributed by atoms with Crippen LogP contribution < -0.4 is 5.32 Å². The smallest absolute Gasteiger partial charge is 0.475 e. The van der Waals surface area contributed by atoms with Gasteiger partial charge in [-0.15, -0.1) is 0 Å². The Hall–Kier alpha value is -4.55. The number of fused-ring (bicyclic) bond motifs is 1. The fourth-order valence-corrected chi connectivity index (χ4v) is 3.78. The number of aromatic nitrogens is 5. The second-order valence-corrected chi connectivity index (χ2v) is 8.18. The van der Waals surface area contributed by atoms with Crippen molar-refractivity contribution < 1.29 is 27.9 Å². The Morgan fingerprint density at radius 3 is 2.30 bits per heavy atom. The van der Waals surface area contributed by atoms with Crippen LogP contribution in [0.2, 0.25) is 0 Å². The molecule has 3 aromatic heterocycles. The van der Waals surface area contributed by atoms with E-state index in [1.54, 1.807) is 12.3 Å². The standard InChI is InChI=1S/C22H21N7O.C2HF3O2/c30-22(17-8-11-23-24-14-17)28-12-9-16(10-13-28)21-26-20-7-6-19(15-29(20)27-21)25-18-4-2-1-3-5-18;3-2(4,5)1(6)7/h1-8,11,14-16,25H,9-10,12-13H2;(H,6,7). The molecule has 10 nitrogen and oxygen atoms in total. The Balaban J connectivity index is 0.000000405. The van der Waals surface area contributed by atoms with E-state index in [0.717, 1.165) is 35.7 Å². The number of piperidine rings is 1. The number of halogens is 3. The number of carboxylic acid groups (broad SMARTS) is 1. The van der Waals surface area contributed by atoms with Crippen LogP contribution in [-0.4, -0.2) is 65.9 Å². The lowest BCUT2D eigenvalue weighted by Crippen LogP contribution is -2.38. The number of likely N-dealkylation sites (tertiary alicyclic amines) is 1. The number of benzene rings is 1. The number of aliphatic carboxylic acids is 1. The van der Waals surface area contributed by atoms with Crippen LogP contribution in [0.5, 0.6) is 0 Å². The Morgan fingerprint density at radius 2 is 1.68 bits per heavy atom. The average molecular weight is 513 g/mol. The van der Waals surface area contributed by atoms with Gasteiger partial charge < -0.3 is 15.3 Å². The van der Waals surface area contributed by atoms with Crippen LogP contribution in [0.4, 0.5) is 24.5 Å². The molecule has 5 rings (SSSR count). The number of pyridine rings is 1. The molecule has 0 unspecified atom stereocenters. The first-order valence-electron chi connectivity index (χ1n) is 11.2. The maximum Gasteiger partial charge on any atom is 0.490 e. The van der Waals surface area contributed by atoms with E-state index in [0.29, 0.717) is 18.7 Å². The SMILES string of the molecule is O=C(O)C(F)(F)F.O=C(c1ccnnc1)N1CCC(c2nc3ccc(Nc4ccccc4)cn3n2)CC1. The monoisotopic (exact) mass is 513 g/mol. The molecule has 1 aliphatic heterocycles. The molecule has 4 aromatic rings. The summed E-state index contributed by atoms with van der Waals surface area (Å²) in [5.74, 6) is -1.67. The molecule has 13 heteroatoms. The number of amides is 1. The van der Waals surface area contributed by atoms with E-state index >= 15 is 0 Å². The van der Waals surface area contributed by atoms with E-state index in [2.05, 4.69) is 15.5 Å². The van der Waals surface area contributed by atoms with E-state index in [1.165, 1.54) is 6.20 Å². The summed E-state index contributed by atoms with van der Waals surface area (Å²) in [7, 11) is 0. The number of carbonyl (C=O) groups is 2. The van der Waals surface area contributed by atoms with Gasteiger partial charge >= 0.3 is 12.1 Å². The van der Waals surface area contributed by atoms with Gasteiger partial charge in [0.25, 0.3) is 5.91 Å². The zero-order valence-corrected chi connectivity index (χ0v) is 19.3. The van der Waals surface area contributed by atoms with Crippen LogP contribution in [-0.2, 0) is 4.79 Å². The van der Waals surface area contributed by atoms with Gasteiger partial charge in [0.2, 0.25) is 0 Å². The number of anilines is 2. The molecule has 0 aliphatic carbocycles. The molecule has 1 fully saturated rings. The summed E-state index contributed by atoms with van der Waals surface area (Å²) in [6.45, 7) is 1.37. The molecular weight excluding hydrogens is 491 g/mol. The minimum Gasteiger partial charge on any atom is -0.475 e. The molecule has 192 valence electrons. The number of nitrogens with zero attached hydrogens (tertiary/aromatic N) is 6. The largest absolute Gasteiger partial charge is 0.490 e. The summed E-state index contributed by atoms with van der Waals surface area (Å²) in [5, 5.41) is 22.7. The van der Waals surface area contributed by atoms with Crippen molar-refractivity contribution >= 4 is 28.9 Å². The highest BCUT2D eigenvalue weighted by Gasteiger charge is 2.38.